The Morgan fingerprint density at radius 2 is 2.00 bits per heavy atom. The van der Waals surface area contributed by atoms with E-state index in [4.69, 9.17) is 22.1 Å². The summed E-state index contributed by atoms with van der Waals surface area (Å²) < 4.78 is 6.55. The third-order valence-corrected chi connectivity index (χ3v) is 3.93. The van der Waals surface area contributed by atoms with E-state index < -0.39 is 0 Å². The van der Waals surface area contributed by atoms with Crippen molar-refractivity contribution in [3.05, 3.63) is 75.2 Å². The average molecular weight is 379 g/mol. The van der Waals surface area contributed by atoms with Crippen molar-refractivity contribution in [1.29, 1.82) is 0 Å². The van der Waals surface area contributed by atoms with E-state index in [2.05, 4.69) is 22.5 Å². The van der Waals surface area contributed by atoms with Crippen LogP contribution in [0.1, 0.15) is 16.7 Å². The van der Waals surface area contributed by atoms with Gasteiger partial charge in [-0.05, 0) is 41.0 Å². The van der Waals surface area contributed by atoms with Crippen LogP contribution >= 0.6 is 27.5 Å². The van der Waals surface area contributed by atoms with Crippen LogP contribution in [0.3, 0.4) is 0 Å². The lowest BCUT2D eigenvalue weighted by Crippen LogP contribution is -1.99. The van der Waals surface area contributed by atoms with Crippen molar-refractivity contribution >= 4 is 39.7 Å². The highest BCUT2D eigenvalue weighted by atomic mass is 79.9. The first kappa shape index (κ1) is 16.8. The van der Waals surface area contributed by atoms with E-state index in [9.17, 15) is 0 Å². The maximum absolute atomic E-state index is 5.95. The molecule has 0 atom stereocenters. The number of ether oxygens (including phenoxy) is 1. The molecule has 2 N–H and O–H groups in total. The minimum Gasteiger partial charge on any atom is -0.490 e. The minimum absolute atomic E-state index is 0.469. The van der Waals surface area contributed by atoms with Crippen molar-refractivity contribution in [2.45, 2.75) is 6.54 Å². The Kier molecular flexibility index (Phi) is 6.25. The van der Waals surface area contributed by atoms with Gasteiger partial charge < -0.3 is 10.5 Å². The third-order valence-electron chi connectivity index (χ3n) is 3.01. The fourth-order valence-electron chi connectivity index (χ4n) is 1.96. The first-order valence-electron chi connectivity index (χ1n) is 6.83. The van der Waals surface area contributed by atoms with Gasteiger partial charge >= 0.3 is 0 Å². The van der Waals surface area contributed by atoms with Gasteiger partial charge in [-0.25, -0.2) is 0 Å². The van der Waals surface area contributed by atoms with Gasteiger partial charge in [0.1, 0.15) is 12.4 Å². The van der Waals surface area contributed by atoms with Gasteiger partial charge in [0.2, 0.25) is 0 Å². The number of halogens is 2. The number of rotatable bonds is 6. The van der Waals surface area contributed by atoms with Gasteiger partial charge in [-0.2, -0.15) is 0 Å². The lowest BCUT2D eigenvalue weighted by Gasteiger charge is -2.07. The molecule has 22 heavy (non-hydrogen) atoms. The molecule has 0 saturated heterocycles. The van der Waals surface area contributed by atoms with Crippen LogP contribution in [0.25, 0.3) is 12.2 Å². The molecule has 4 heteroatoms. The van der Waals surface area contributed by atoms with Crippen molar-refractivity contribution < 1.29 is 4.74 Å². The normalized spacial score (nSPS) is 10.9. The molecule has 0 aliphatic rings. The Hall–Kier alpha value is -1.55. The van der Waals surface area contributed by atoms with Crippen LogP contribution < -0.4 is 10.5 Å². The van der Waals surface area contributed by atoms with Gasteiger partial charge in [-0.1, -0.05) is 64.5 Å². The van der Waals surface area contributed by atoms with Crippen molar-refractivity contribution in [1.82, 2.24) is 0 Å². The summed E-state index contributed by atoms with van der Waals surface area (Å²) in [5, 5.41) is 0.703. The number of hydrogen-bond donors (Lipinski definition) is 1. The van der Waals surface area contributed by atoms with Crippen LogP contribution in [0.2, 0.25) is 5.02 Å². The molecule has 114 valence electrons. The van der Waals surface area contributed by atoms with Crippen LogP contribution in [0.4, 0.5) is 0 Å². The second-order valence-electron chi connectivity index (χ2n) is 4.71. The maximum Gasteiger partial charge on any atom is 0.120 e. The summed E-state index contributed by atoms with van der Waals surface area (Å²) >= 11 is 9.46. The smallest absolute Gasteiger partial charge is 0.120 e. The highest BCUT2D eigenvalue weighted by Gasteiger charge is 2.01. The van der Waals surface area contributed by atoms with Crippen molar-refractivity contribution in [2.24, 2.45) is 5.73 Å². The van der Waals surface area contributed by atoms with E-state index in [0.29, 0.717) is 18.2 Å². The molecule has 0 amide bonds. The summed E-state index contributed by atoms with van der Waals surface area (Å²) in [5.74, 6) is 0.790. The van der Waals surface area contributed by atoms with E-state index in [1.54, 1.807) is 6.08 Å². The molecule has 2 nitrogen and oxygen atoms in total. The first-order valence-corrected chi connectivity index (χ1v) is 8.00. The van der Waals surface area contributed by atoms with Crippen molar-refractivity contribution in [2.75, 3.05) is 6.61 Å². The zero-order chi connectivity index (χ0) is 15.9. The van der Waals surface area contributed by atoms with E-state index in [1.807, 2.05) is 48.6 Å². The standard InChI is InChI=1S/C18H17BrClNO/c1-2-7-22-17-9-13(8-14(10-17)12-21)3-4-15-5-6-16(20)11-18(15)19/h2-6,8-11H,1,7,12,21H2. The highest BCUT2D eigenvalue weighted by Crippen LogP contribution is 2.24. The molecule has 0 aromatic heterocycles. The van der Waals surface area contributed by atoms with Crippen molar-refractivity contribution in [3.63, 3.8) is 0 Å². The van der Waals surface area contributed by atoms with Crippen LogP contribution in [-0.2, 0) is 6.54 Å². The Morgan fingerprint density at radius 1 is 1.18 bits per heavy atom. The van der Waals surface area contributed by atoms with E-state index in [0.717, 1.165) is 26.9 Å². The number of nitrogens with two attached hydrogens (primary N) is 1. The lowest BCUT2D eigenvalue weighted by molar-refractivity contribution is 0.363. The molecule has 0 heterocycles. The quantitative estimate of drug-likeness (QED) is 0.547. The topological polar surface area (TPSA) is 35.2 Å². The van der Waals surface area contributed by atoms with Gasteiger partial charge in [-0.3, -0.25) is 0 Å². The minimum atomic E-state index is 0.469. The van der Waals surface area contributed by atoms with Gasteiger partial charge in [0.15, 0.2) is 0 Å². The number of benzene rings is 2. The van der Waals surface area contributed by atoms with Gasteiger partial charge in [0.25, 0.3) is 0 Å². The SMILES string of the molecule is C=CCOc1cc(C=Cc2ccc(Cl)cc2Br)cc(CN)c1. The van der Waals surface area contributed by atoms with E-state index in [1.165, 1.54) is 0 Å². The zero-order valence-corrected chi connectivity index (χ0v) is 14.4. The van der Waals surface area contributed by atoms with Gasteiger partial charge in [0, 0.05) is 16.0 Å². The fraction of sp³-hybridized carbons (Fsp3) is 0.111. The summed E-state index contributed by atoms with van der Waals surface area (Å²) in [5.41, 5.74) is 8.85. The molecule has 0 aliphatic carbocycles. The van der Waals surface area contributed by atoms with Gasteiger partial charge in [0.05, 0.1) is 0 Å². The summed E-state index contributed by atoms with van der Waals surface area (Å²) in [4.78, 5) is 0. The zero-order valence-electron chi connectivity index (χ0n) is 12.1. The molecule has 0 radical (unpaired) electrons. The molecule has 0 bridgehead atoms. The summed E-state index contributed by atoms with van der Waals surface area (Å²) in [6.07, 6.45) is 5.76. The predicted molar refractivity (Wildman–Crippen MR) is 98.1 cm³/mol. The summed E-state index contributed by atoms with van der Waals surface area (Å²) in [6, 6.07) is 11.7. The van der Waals surface area contributed by atoms with Crippen LogP contribution in [-0.4, -0.2) is 6.61 Å². The first-order chi connectivity index (χ1) is 10.6. The predicted octanol–water partition coefficient (Wildman–Crippen LogP) is 5.30. The Balaban J connectivity index is 2.27. The Labute approximate surface area is 144 Å². The van der Waals surface area contributed by atoms with Crippen LogP contribution in [0, 0.1) is 0 Å². The van der Waals surface area contributed by atoms with E-state index >= 15 is 0 Å². The number of hydrogen-bond acceptors (Lipinski definition) is 2. The highest BCUT2D eigenvalue weighted by molar-refractivity contribution is 9.10. The summed E-state index contributed by atoms with van der Waals surface area (Å²) in [7, 11) is 0. The molecule has 0 saturated carbocycles. The third kappa shape index (κ3) is 4.73. The van der Waals surface area contributed by atoms with Crippen LogP contribution in [0.5, 0.6) is 5.75 Å². The van der Waals surface area contributed by atoms with Crippen LogP contribution in [0.15, 0.2) is 53.5 Å². The van der Waals surface area contributed by atoms with E-state index in [-0.39, 0.29) is 0 Å². The van der Waals surface area contributed by atoms with Crippen molar-refractivity contribution in [3.8, 4) is 5.75 Å². The molecule has 0 spiro atoms. The Morgan fingerprint density at radius 3 is 2.68 bits per heavy atom. The average Bonchev–Trinajstić information content (AvgIpc) is 2.52. The molecule has 0 aliphatic heterocycles. The molecule has 2 aromatic carbocycles. The fourth-order valence-corrected chi connectivity index (χ4v) is 2.78. The molecule has 0 fully saturated rings. The second kappa shape index (κ2) is 8.18. The Bertz CT molecular complexity index is 697. The lowest BCUT2D eigenvalue weighted by atomic mass is 10.1. The molecular formula is C18H17BrClNO. The summed E-state index contributed by atoms with van der Waals surface area (Å²) in [6.45, 7) is 4.60. The maximum atomic E-state index is 5.95. The van der Waals surface area contributed by atoms with Gasteiger partial charge in [-0.15, -0.1) is 0 Å². The monoisotopic (exact) mass is 377 g/mol. The molecule has 2 aromatic rings. The largest absolute Gasteiger partial charge is 0.490 e. The molecular weight excluding hydrogens is 362 g/mol. The molecule has 2 rings (SSSR count). The second-order valence-corrected chi connectivity index (χ2v) is 6.00. The molecule has 0 unspecified atom stereocenters.